The summed E-state index contributed by atoms with van der Waals surface area (Å²) in [4.78, 5) is 11.4. The summed E-state index contributed by atoms with van der Waals surface area (Å²) in [5.74, 6) is -0.435. The fourth-order valence-electron chi connectivity index (χ4n) is 2.01. The van der Waals surface area contributed by atoms with Crippen molar-refractivity contribution in [2.45, 2.75) is 12.8 Å². The molecule has 4 heteroatoms. The molecule has 0 aliphatic rings. The van der Waals surface area contributed by atoms with E-state index in [0.717, 1.165) is 5.56 Å². The van der Waals surface area contributed by atoms with Crippen molar-refractivity contribution in [2.24, 2.45) is 0 Å². The van der Waals surface area contributed by atoms with Gasteiger partial charge in [0.2, 0.25) is 0 Å². The maximum atomic E-state index is 11.4. The van der Waals surface area contributed by atoms with E-state index in [1.165, 1.54) is 0 Å². The highest BCUT2D eigenvalue weighted by Crippen LogP contribution is 2.28. The van der Waals surface area contributed by atoms with Crippen molar-refractivity contribution in [2.75, 3.05) is 13.2 Å². The first-order valence-electron chi connectivity index (χ1n) is 6.84. The lowest BCUT2D eigenvalue weighted by Crippen LogP contribution is -2.19. The topological polar surface area (TPSA) is 55.8 Å². The third-order valence-electron chi connectivity index (χ3n) is 3.05. The molecule has 0 spiro atoms. The molecule has 0 saturated heterocycles. The molecular formula is C17H18O4. The molecule has 1 unspecified atom stereocenters. The van der Waals surface area contributed by atoms with Crippen molar-refractivity contribution in [1.29, 1.82) is 0 Å². The summed E-state index contributed by atoms with van der Waals surface area (Å²) < 4.78 is 11.1. The molecule has 4 nitrogen and oxygen atoms in total. The second kappa shape index (κ2) is 7.33. The van der Waals surface area contributed by atoms with Gasteiger partial charge in [-0.2, -0.15) is 0 Å². The van der Waals surface area contributed by atoms with Crippen molar-refractivity contribution in [3.8, 4) is 11.5 Å². The predicted molar refractivity (Wildman–Crippen MR) is 79.9 cm³/mol. The highest BCUT2D eigenvalue weighted by atomic mass is 16.5. The van der Waals surface area contributed by atoms with E-state index in [4.69, 9.17) is 9.47 Å². The standard InChI is InChI=1S/C17H18O4/c1-2-20-15-10-6-7-11-16(15)21-12-14(17(18)19)13-8-4-3-5-9-13/h3-11,14H,2,12H2,1H3,(H,18,19). The van der Waals surface area contributed by atoms with Crippen LogP contribution in [0.15, 0.2) is 54.6 Å². The maximum absolute atomic E-state index is 11.4. The quantitative estimate of drug-likeness (QED) is 0.848. The molecule has 1 atom stereocenters. The summed E-state index contributed by atoms with van der Waals surface area (Å²) in [5, 5.41) is 9.37. The molecule has 0 aliphatic carbocycles. The van der Waals surface area contributed by atoms with Gasteiger partial charge in [0.1, 0.15) is 12.5 Å². The summed E-state index contributed by atoms with van der Waals surface area (Å²) in [6.45, 7) is 2.48. The number of aliphatic carboxylic acids is 1. The van der Waals surface area contributed by atoms with E-state index in [9.17, 15) is 9.90 Å². The monoisotopic (exact) mass is 286 g/mol. The highest BCUT2D eigenvalue weighted by Gasteiger charge is 2.21. The van der Waals surface area contributed by atoms with Crippen molar-refractivity contribution >= 4 is 5.97 Å². The molecule has 1 N–H and O–H groups in total. The minimum atomic E-state index is -0.907. The first-order valence-corrected chi connectivity index (χ1v) is 6.84. The fourth-order valence-corrected chi connectivity index (χ4v) is 2.01. The number of carbonyl (C=O) groups is 1. The summed E-state index contributed by atoms with van der Waals surface area (Å²) in [6.07, 6.45) is 0. The average Bonchev–Trinajstić information content (AvgIpc) is 2.50. The summed E-state index contributed by atoms with van der Waals surface area (Å²) >= 11 is 0. The molecular weight excluding hydrogens is 268 g/mol. The van der Waals surface area contributed by atoms with E-state index in [-0.39, 0.29) is 6.61 Å². The highest BCUT2D eigenvalue weighted by molar-refractivity contribution is 5.76. The van der Waals surface area contributed by atoms with E-state index < -0.39 is 11.9 Å². The largest absolute Gasteiger partial charge is 0.490 e. The minimum absolute atomic E-state index is 0.0590. The zero-order valence-corrected chi connectivity index (χ0v) is 11.9. The number of hydrogen-bond acceptors (Lipinski definition) is 3. The Kier molecular flexibility index (Phi) is 5.21. The second-order valence-corrected chi connectivity index (χ2v) is 4.49. The number of carboxylic acids is 1. The molecule has 0 heterocycles. The number of hydrogen-bond donors (Lipinski definition) is 1. The molecule has 0 radical (unpaired) electrons. The lowest BCUT2D eigenvalue weighted by molar-refractivity contribution is -0.139. The van der Waals surface area contributed by atoms with Gasteiger partial charge in [0.25, 0.3) is 0 Å². The first kappa shape index (κ1) is 14.9. The van der Waals surface area contributed by atoms with Crippen LogP contribution < -0.4 is 9.47 Å². The summed E-state index contributed by atoms with van der Waals surface area (Å²) in [5.41, 5.74) is 0.721. The van der Waals surface area contributed by atoms with Gasteiger partial charge in [-0.05, 0) is 24.6 Å². The Bertz CT molecular complexity index is 580. The first-order chi connectivity index (χ1) is 10.2. The molecule has 21 heavy (non-hydrogen) atoms. The Morgan fingerprint density at radius 2 is 1.57 bits per heavy atom. The Labute approximate surface area is 123 Å². The molecule has 0 fully saturated rings. The molecule has 2 aromatic rings. The lowest BCUT2D eigenvalue weighted by Gasteiger charge is -2.16. The van der Waals surface area contributed by atoms with Crippen molar-refractivity contribution < 1.29 is 19.4 Å². The van der Waals surface area contributed by atoms with Crippen molar-refractivity contribution in [1.82, 2.24) is 0 Å². The van der Waals surface area contributed by atoms with Crippen LogP contribution in [0, 0.1) is 0 Å². The van der Waals surface area contributed by atoms with Gasteiger partial charge in [-0.25, -0.2) is 0 Å². The minimum Gasteiger partial charge on any atom is -0.490 e. The smallest absolute Gasteiger partial charge is 0.314 e. The van der Waals surface area contributed by atoms with Crippen LogP contribution in [0.1, 0.15) is 18.4 Å². The van der Waals surface area contributed by atoms with Crippen LogP contribution in [0.5, 0.6) is 11.5 Å². The molecule has 0 amide bonds. The SMILES string of the molecule is CCOc1ccccc1OCC(C(=O)O)c1ccccc1. The van der Waals surface area contributed by atoms with E-state index in [1.807, 2.05) is 37.3 Å². The molecule has 2 rings (SSSR count). The number of para-hydroxylation sites is 2. The van der Waals surface area contributed by atoms with Gasteiger partial charge in [-0.3, -0.25) is 4.79 Å². The van der Waals surface area contributed by atoms with Crippen molar-refractivity contribution in [3.05, 3.63) is 60.2 Å². The van der Waals surface area contributed by atoms with Gasteiger partial charge in [-0.15, -0.1) is 0 Å². The van der Waals surface area contributed by atoms with Crippen LogP contribution in [0.3, 0.4) is 0 Å². The Morgan fingerprint density at radius 3 is 2.14 bits per heavy atom. The maximum Gasteiger partial charge on any atom is 0.314 e. The Morgan fingerprint density at radius 1 is 1.00 bits per heavy atom. The normalized spacial score (nSPS) is 11.7. The fraction of sp³-hybridized carbons (Fsp3) is 0.235. The van der Waals surface area contributed by atoms with Crippen LogP contribution >= 0.6 is 0 Å². The Hall–Kier alpha value is -2.49. The van der Waals surface area contributed by atoms with Crippen LogP contribution in [0.4, 0.5) is 0 Å². The third-order valence-corrected chi connectivity index (χ3v) is 3.05. The van der Waals surface area contributed by atoms with E-state index in [0.29, 0.717) is 18.1 Å². The predicted octanol–water partition coefficient (Wildman–Crippen LogP) is 3.33. The van der Waals surface area contributed by atoms with E-state index in [1.54, 1.807) is 24.3 Å². The van der Waals surface area contributed by atoms with Gasteiger partial charge in [-0.1, -0.05) is 42.5 Å². The summed E-state index contributed by atoms with van der Waals surface area (Å²) in [6, 6.07) is 16.3. The van der Waals surface area contributed by atoms with Gasteiger partial charge in [0.15, 0.2) is 11.5 Å². The molecule has 0 aromatic heterocycles. The zero-order chi connectivity index (χ0) is 15.1. The van der Waals surface area contributed by atoms with Gasteiger partial charge < -0.3 is 14.6 Å². The van der Waals surface area contributed by atoms with Gasteiger partial charge in [0.05, 0.1) is 6.61 Å². The summed E-state index contributed by atoms with van der Waals surface area (Å²) in [7, 11) is 0. The van der Waals surface area contributed by atoms with Crippen LogP contribution in [-0.2, 0) is 4.79 Å². The molecule has 0 saturated carbocycles. The van der Waals surface area contributed by atoms with E-state index >= 15 is 0 Å². The third kappa shape index (κ3) is 3.99. The van der Waals surface area contributed by atoms with Crippen molar-refractivity contribution in [3.63, 3.8) is 0 Å². The zero-order valence-electron chi connectivity index (χ0n) is 11.9. The number of carboxylic acid groups (broad SMARTS) is 1. The number of rotatable bonds is 7. The van der Waals surface area contributed by atoms with Crippen LogP contribution in [0.2, 0.25) is 0 Å². The second-order valence-electron chi connectivity index (χ2n) is 4.49. The van der Waals surface area contributed by atoms with Crippen LogP contribution in [-0.4, -0.2) is 24.3 Å². The molecule has 0 bridgehead atoms. The van der Waals surface area contributed by atoms with Gasteiger partial charge >= 0.3 is 5.97 Å². The lowest BCUT2D eigenvalue weighted by atomic mass is 10.0. The number of benzene rings is 2. The van der Waals surface area contributed by atoms with Gasteiger partial charge in [0, 0.05) is 0 Å². The Balaban J connectivity index is 2.11. The molecule has 0 aliphatic heterocycles. The molecule has 110 valence electrons. The molecule has 2 aromatic carbocycles. The van der Waals surface area contributed by atoms with Crippen LogP contribution in [0.25, 0.3) is 0 Å². The van der Waals surface area contributed by atoms with E-state index in [2.05, 4.69) is 0 Å². The average molecular weight is 286 g/mol. The number of ether oxygens (including phenoxy) is 2.